The second kappa shape index (κ2) is 11.9. The van der Waals surface area contributed by atoms with Crippen molar-refractivity contribution in [3.05, 3.63) is 41.6 Å². The number of sulfonamides is 1. The molecule has 1 aromatic carbocycles. The van der Waals surface area contributed by atoms with Crippen LogP contribution in [0.1, 0.15) is 25.7 Å². The van der Waals surface area contributed by atoms with E-state index in [4.69, 9.17) is 16.3 Å². The largest absolute Gasteiger partial charge is 0.463 e. The van der Waals surface area contributed by atoms with E-state index in [-0.39, 0.29) is 48.5 Å². The Labute approximate surface area is 229 Å². The summed E-state index contributed by atoms with van der Waals surface area (Å²) >= 11 is 5.89. The number of carbonyl (C=O) groups is 1. The topological polar surface area (TPSA) is 151 Å². The molecule has 3 N–H and O–H groups in total. The number of carbonyl (C=O) groups excluding carboxylic acids is 1. The summed E-state index contributed by atoms with van der Waals surface area (Å²) in [6.45, 7) is 1.24. The minimum absolute atomic E-state index is 0.0122. The second-order valence-electron chi connectivity index (χ2n) is 9.53. The fourth-order valence-corrected chi connectivity index (χ4v) is 6.15. The van der Waals surface area contributed by atoms with E-state index in [0.717, 1.165) is 12.8 Å². The fourth-order valence-electron chi connectivity index (χ4n) is 4.61. The molecular weight excluding hydrogens is 551 g/mol. The molecule has 39 heavy (non-hydrogen) atoms. The van der Waals surface area contributed by atoms with Gasteiger partial charge in [0.25, 0.3) is 0 Å². The molecule has 2 aliphatic rings. The predicted molar refractivity (Wildman–Crippen MR) is 144 cm³/mol. The van der Waals surface area contributed by atoms with E-state index in [1.807, 2.05) is 0 Å². The Morgan fingerprint density at radius 2 is 1.92 bits per heavy atom. The molecule has 1 aliphatic carbocycles. The Balaban J connectivity index is 1.15. The molecule has 0 radical (unpaired) electrons. The molecule has 2 fully saturated rings. The van der Waals surface area contributed by atoms with Crippen molar-refractivity contribution in [1.82, 2.24) is 29.6 Å². The average molecular weight is 579 g/mol. The zero-order valence-corrected chi connectivity index (χ0v) is 22.5. The van der Waals surface area contributed by atoms with E-state index in [0.29, 0.717) is 47.9 Å². The highest BCUT2D eigenvalue weighted by molar-refractivity contribution is 7.89. The Kier molecular flexibility index (Phi) is 8.35. The van der Waals surface area contributed by atoms with Crippen molar-refractivity contribution >= 4 is 56.1 Å². The van der Waals surface area contributed by atoms with Crippen LogP contribution in [0.2, 0.25) is 5.02 Å². The lowest BCUT2D eigenvalue weighted by atomic mass is 9.92. The van der Waals surface area contributed by atoms with Crippen molar-refractivity contribution in [3.63, 3.8) is 0 Å². The summed E-state index contributed by atoms with van der Waals surface area (Å²) in [6, 6.07) is 4.19. The molecule has 208 valence electrons. The minimum atomic E-state index is -3.47. The number of hydrogen-bond acceptors (Lipinski definition) is 11. The third kappa shape index (κ3) is 7.26. The van der Waals surface area contributed by atoms with Gasteiger partial charge in [-0.25, -0.2) is 37.5 Å². The van der Waals surface area contributed by atoms with Crippen molar-refractivity contribution < 1.29 is 22.3 Å². The number of nitrogens with one attached hydrogen (secondary N) is 3. The van der Waals surface area contributed by atoms with Crippen LogP contribution in [-0.2, 0) is 19.6 Å². The quantitative estimate of drug-likeness (QED) is 0.321. The number of fused-ring (bicyclic) bond motifs is 1. The van der Waals surface area contributed by atoms with Crippen LogP contribution in [0.3, 0.4) is 0 Å². The first-order valence-electron chi connectivity index (χ1n) is 12.6. The molecule has 1 aliphatic heterocycles. The number of benzene rings is 1. The summed E-state index contributed by atoms with van der Waals surface area (Å²) in [5.41, 5.74) is 1.57. The van der Waals surface area contributed by atoms with Gasteiger partial charge in [-0.1, -0.05) is 11.6 Å². The number of esters is 1. The van der Waals surface area contributed by atoms with Gasteiger partial charge >= 0.3 is 5.97 Å². The third-order valence-electron chi connectivity index (χ3n) is 6.67. The summed E-state index contributed by atoms with van der Waals surface area (Å²) in [4.78, 5) is 30.6. The van der Waals surface area contributed by atoms with Gasteiger partial charge < -0.3 is 15.4 Å². The number of aromatic nitrogens is 4. The Bertz CT molecular complexity index is 1460. The van der Waals surface area contributed by atoms with Crippen molar-refractivity contribution in [2.75, 3.05) is 42.6 Å². The molecule has 2 aromatic heterocycles. The summed E-state index contributed by atoms with van der Waals surface area (Å²) in [5, 5.41) is 6.42. The van der Waals surface area contributed by atoms with E-state index in [1.54, 1.807) is 17.2 Å². The molecule has 1 saturated heterocycles. The number of halogens is 2. The molecule has 1 saturated carbocycles. The number of morpholine rings is 1. The van der Waals surface area contributed by atoms with Crippen LogP contribution in [0.4, 0.5) is 21.8 Å². The lowest BCUT2D eigenvalue weighted by Crippen LogP contribution is -2.45. The maximum absolute atomic E-state index is 13.5. The molecule has 0 amide bonds. The minimum Gasteiger partial charge on any atom is -0.463 e. The Morgan fingerprint density at radius 1 is 1.13 bits per heavy atom. The molecular formula is C24H28ClFN8O4S. The van der Waals surface area contributed by atoms with Gasteiger partial charge in [-0.15, -0.1) is 0 Å². The van der Waals surface area contributed by atoms with Gasteiger partial charge in [0.05, 0.1) is 23.5 Å². The molecule has 0 atom stereocenters. The van der Waals surface area contributed by atoms with Gasteiger partial charge in [0.2, 0.25) is 16.0 Å². The number of nitrogens with zero attached hydrogens (tertiary/aromatic N) is 5. The summed E-state index contributed by atoms with van der Waals surface area (Å²) in [6.07, 6.45) is 5.78. The highest BCUT2D eigenvalue weighted by atomic mass is 35.5. The van der Waals surface area contributed by atoms with E-state index in [9.17, 15) is 17.6 Å². The lowest BCUT2D eigenvalue weighted by Gasteiger charge is -2.30. The second-order valence-corrected chi connectivity index (χ2v) is 11.8. The number of hydrogen-bond donors (Lipinski definition) is 3. The number of ether oxygens (including phenoxy) is 1. The molecule has 5 rings (SSSR count). The summed E-state index contributed by atoms with van der Waals surface area (Å²) < 4.78 is 46.4. The Hall–Kier alpha value is -3.20. The van der Waals surface area contributed by atoms with Crippen LogP contribution < -0.4 is 15.4 Å². The van der Waals surface area contributed by atoms with Gasteiger partial charge in [0.1, 0.15) is 29.8 Å². The molecule has 3 heterocycles. The fraction of sp³-hybridized carbons (Fsp3) is 0.458. The first-order valence-corrected chi connectivity index (χ1v) is 14.6. The molecule has 0 unspecified atom stereocenters. The van der Waals surface area contributed by atoms with Crippen molar-refractivity contribution in [3.8, 4) is 0 Å². The van der Waals surface area contributed by atoms with Crippen LogP contribution in [-0.4, -0.2) is 83.3 Å². The van der Waals surface area contributed by atoms with E-state index in [1.165, 1.54) is 18.5 Å². The van der Waals surface area contributed by atoms with Crippen LogP contribution in [0.25, 0.3) is 11.0 Å². The summed E-state index contributed by atoms with van der Waals surface area (Å²) in [5.74, 6) is -0.0805. The molecule has 3 aromatic rings. The molecule has 12 nitrogen and oxygen atoms in total. The third-order valence-corrected chi connectivity index (χ3v) is 8.37. The molecule has 0 bridgehead atoms. The average Bonchev–Trinajstić information content (AvgIpc) is 2.91. The SMILES string of the molecule is O=C1CN(CCS(=O)(=O)NC2CCC(Nc3ncc4ncnc(Nc5ccc(F)c(Cl)c5)c4n3)CC2)CCO1. The van der Waals surface area contributed by atoms with E-state index >= 15 is 0 Å². The lowest BCUT2D eigenvalue weighted by molar-refractivity contribution is -0.150. The van der Waals surface area contributed by atoms with Gasteiger partial charge in [-0.3, -0.25) is 9.69 Å². The van der Waals surface area contributed by atoms with Crippen LogP contribution in [0.15, 0.2) is 30.7 Å². The van der Waals surface area contributed by atoms with Crippen LogP contribution in [0.5, 0.6) is 0 Å². The van der Waals surface area contributed by atoms with Gasteiger partial charge in [-0.05, 0) is 43.9 Å². The van der Waals surface area contributed by atoms with E-state index < -0.39 is 15.8 Å². The van der Waals surface area contributed by atoms with Gasteiger partial charge in [0.15, 0.2) is 5.82 Å². The maximum atomic E-state index is 13.5. The highest BCUT2D eigenvalue weighted by Gasteiger charge is 2.26. The number of anilines is 3. The van der Waals surface area contributed by atoms with Crippen molar-refractivity contribution in [1.29, 1.82) is 0 Å². The highest BCUT2D eigenvalue weighted by Crippen LogP contribution is 2.26. The van der Waals surface area contributed by atoms with Crippen LogP contribution in [0, 0.1) is 5.82 Å². The smallest absolute Gasteiger partial charge is 0.320 e. The predicted octanol–water partition coefficient (Wildman–Crippen LogP) is 2.46. The number of rotatable bonds is 9. The normalized spacial score (nSPS) is 20.5. The van der Waals surface area contributed by atoms with Crippen LogP contribution >= 0.6 is 11.6 Å². The molecule has 15 heteroatoms. The standard InChI is InChI=1S/C24H28ClFN8O4S/c25-18-11-17(5-6-19(18)26)30-23-22-20(28-14-29-23)12-27-24(32-22)31-15-1-3-16(4-2-15)33-39(36,37)10-8-34-7-9-38-21(35)13-34/h5-6,11-12,14-16,33H,1-4,7-10,13H2,(H,27,31,32)(H,28,29,30). The van der Waals surface area contributed by atoms with E-state index in [2.05, 4.69) is 35.3 Å². The molecule has 0 spiro atoms. The first kappa shape index (κ1) is 27.4. The van der Waals surface area contributed by atoms with Crippen molar-refractivity contribution in [2.45, 2.75) is 37.8 Å². The monoisotopic (exact) mass is 578 g/mol. The van der Waals surface area contributed by atoms with Gasteiger partial charge in [0, 0.05) is 30.9 Å². The summed E-state index contributed by atoms with van der Waals surface area (Å²) in [7, 11) is -3.47. The zero-order chi connectivity index (χ0) is 27.4. The zero-order valence-electron chi connectivity index (χ0n) is 20.9. The van der Waals surface area contributed by atoms with Crippen molar-refractivity contribution in [2.24, 2.45) is 0 Å². The number of cyclic esters (lactones) is 1. The van der Waals surface area contributed by atoms with Gasteiger partial charge in [-0.2, -0.15) is 0 Å². The maximum Gasteiger partial charge on any atom is 0.320 e. The Morgan fingerprint density at radius 3 is 2.69 bits per heavy atom. The first-order chi connectivity index (χ1) is 18.7.